The molecule has 1 aromatic carbocycles. The summed E-state index contributed by atoms with van der Waals surface area (Å²) in [4.78, 5) is 40.5. The van der Waals surface area contributed by atoms with Gasteiger partial charge in [0, 0.05) is 18.8 Å². The van der Waals surface area contributed by atoms with E-state index in [0.717, 1.165) is 16.3 Å². The number of aliphatic carboxylic acids is 1. The molecule has 45 heavy (non-hydrogen) atoms. The minimum atomic E-state index is -4.78. The molecular weight excluding hydrogens is 590 g/mol. The number of benzene rings is 1. The van der Waals surface area contributed by atoms with Crippen LogP contribution >= 0.6 is 0 Å². The summed E-state index contributed by atoms with van der Waals surface area (Å²) in [5, 5.41) is 12.5. The van der Waals surface area contributed by atoms with Crippen molar-refractivity contribution in [1.29, 1.82) is 0 Å². The summed E-state index contributed by atoms with van der Waals surface area (Å²) in [5.74, 6) is 2.76. The Kier molecular flexibility index (Phi) is 11.2. The highest BCUT2D eigenvalue weighted by Crippen LogP contribution is 2.33. The van der Waals surface area contributed by atoms with Crippen molar-refractivity contribution in [3.05, 3.63) is 86.1 Å². The molecule has 242 valence electrons. The predicted molar refractivity (Wildman–Crippen MR) is 165 cm³/mol. The number of nitrogens with zero attached hydrogens (tertiary/aromatic N) is 2. The van der Waals surface area contributed by atoms with Crippen molar-refractivity contribution in [1.82, 2.24) is 14.8 Å². The van der Waals surface area contributed by atoms with Gasteiger partial charge in [-0.05, 0) is 98.8 Å². The van der Waals surface area contributed by atoms with E-state index in [1.54, 1.807) is 54.8 Å². The molecule has 7 nitrogen and oxygen atoms in total. The monoisotopic (exact) mass is 629 g/mol. The summed E-state index contributed by atoms with van der Waals surface area (Å²) in [6, 6.07) is 1.01. The van der Waals surface area contributed by atoms with E-state index in [1.807, 2.05) is 6.08 Å². The summed E-state index contributed by atoms with van der Waals surface area (Å²) < 4.78 is 56.5. The first-order valence-corrected chi connectivity index (χ1v) is 14.5. The molecule has 1 aliphatic rings. The lowest BCUT2D eigenvalue weighted by Gasteiger charge is -2.28. The Labute approximate surface area is 260 Å². The Balaban J connectivity index is 2.11. The lowest BCUT2D eigenvalue weighted by atomic mass is 9.89. The Morgan fingerprint density at radius 3 is 2.27 bits per heavy atom. The molecule has 11 heteroatoms. The first-order chi connectivity index (χ1) is 20.9. The Hall–Kier alpha value is -4.17. The van der Waals surface area contributed by atoms with Crippen molar-refractivity contribution < 1.29 is 32.3 Å². The maximum absolute atomic E-state index is 14.1. The van der Waals surface area contributed by atoms with Crippen LogP contribution in [-0.4, -0.2) is 46.6 Å². The van der Waals surface area contributed by atoms with E-state index in [4.69, 9.17) is 0 Å². The first kappa shape index (κ1) is 35.3. The lowest BCUT2D eigenvalue weighted by Crippen LogP contribution is -2.46. The van der Waals surface area contributed by atoms with E-state index in [-0.39, 0.29) is 24.4 Å². The quantitative estimate of drug-likeness (QED) is 0.239. The number of aryl methyl sites for hydroxylation is 2. The van der Waals surface area contributed by atoms with Crippen LogP contribution in [0.5, 0.6) is 0 Å². The van der Waals surface area contributed by atoms with Crippen molar-refractivity contribution in [2.24, 2.45) is 11.8 Å². The van der Waals surface area contributed by atoms with Crippen LogP contribution in [0, 0.1) is 43.3 Å². The van der Waals surface area contributed by atoms with Crippen LogP contribution in [0.15, 0.2) is 46.9 Å². The summed E-state index contributed by atoms with van der Waals surface area (Å²) in [5.41, 5.74) is 1.15. The predicted octanol–water partition coefficient (Wildman–Crippen LogP) is 5.89. The van der Waals surface area contributed by atoms with E-state index >= 15 is 0 Å². The van der Waals surface area contributed by atoms with Crippen molar-refractivity contribution in [2.75, 3.05) is 14.1 Å². The number of carboxylic acid groups (broad SMARTS) is 1. The minimum absolute atomic E-state index is 0.102. The van der Waals surface area contributed by atoms with Crippen molar-refractivity contribution in [2.45, 2.75) is 72.3 Å². The summed E-state index contributed by atoms with van der Waals surface area (Å²) in [6.07, 6.45) is -0.568. The van der Waals surface area contributed by atoms with Gasteiger partial charge >= 0.3 is 12.1 Å². The Morgan fingerprint density at radius 2 is 1.73 bits per heavy atom. The van der Waals surface area contributed by atoms with Crippen LogP contribution in [0.3, 0.4) is 0 Å². The molecule has 0 bridgehead atoms. The van der Waals surface area contributed by atoms with Gasteiger partial charge in [-0.25, -0.2) is 4.39 Å². The lowest BCUT2D eigenvalue weighted by molar-refractivity contribution is -0.139. The fourth-order valence-electron chi connectivity index (χ4n) is 5.58. The number of halogens is 4. The van der Waals surface area contributed by atoms with Gasteiger partial charge in [-0.1, -0.05) is 31.8 Å². The second-order valence-electron chi connectivity index (χ2n) is 12.2. The zero-order chi connectivity index (χ0) is 33.8. The normalized spacial score (nSPS) is 16.3. The van der Waals surface area contributed by atoms with Crippen LogP contribution in [-0.2, 0) is 22.3 Å². The topological polar surface area (TPSA) is 91.6 Å². The van der Waals surface area contributed by atoms with Gasteiger partial charge in [-0.2, -0.15) is 13.2 Å². The zero-order valence-electron chi connectivity index (χ0n) is 26.5. The molecule has 0 saturated heterocycles. The van der Waals surface area contributed by atoms with Gasteiger partial charge in [0.25, 0.3) is 5.56 Å². The summed E-state index contributed by atoms with van der Waals surface area (Å²) >= 11 is 0. The highest BCUT2D eigenvalue weighted by molar-refractivity contribution is 5.83. The van der Waals surface area contributed by atoms with Gasteiger partial charge in [0.05, 0.1) is 23.9 Å². The van der Waals surface area contributed by atoms with Crippen molar-refractivity contribution in [3.63, 3.8) is 0 Å². The maximum Gasteiger partial charge on any atom is 0.416 e. The molecule has 0 aliphatic heterocycles. The number of alkyl halides is 3. The smallest absolute Gasteiger partial charge is 0.416 e. The number of pyridine rings is 1. The summed E-state index contributed by atoms with van der Waals surface area (Å²) in [6.45, 7) is 8.78. The number of carboxylic acids is 1. The molecule has 0 saturated carbocycles. The molecule has 2 N–H and O–H groups in total. The molecular formula is C34H39F4N3O4. The third-order valence-electron chi connectivity index (χ3n) is 7.40. The van der Waals surface area contributed by atoms with Gasteiger partial charge in [0.1, 0.15) is 11.9 Å². The largest absolute Gasteiger partial charge is 0.481 e. The first-order valence-electron chi connectivity index (χ1n) is 14.5. The van der Waals surface area contributed by atoms with Crippen LogP contribution in [0.2, 0.25) is 0 Å². The molecule has 1 aliphatic carbocycles. The Bertz CT molecular complexity index is 1620. The van der Waals surface area contributed by atoms with Gasteiger partial charge in [-0.3, -0.25) is 14.4 Å². The van der Waals surface area contributed by atoms with Crippen LogP contribution in [0.1, 0.15) is 67.5 Å². The number of hydrogen-bond donors (Lipinski definition) is 2. The van der Waals surface area contributed by atoms with Crippen molar-refractivity contribution >= 4 is 17.4 Å². The molecule has 0 fully saturated rings. The molecule has 3 rings (SSSR count). The van der Waals surface area contributed by atoms with Crippen LogP contribution < -0.4 is 10.9 Å². The van der Waals surface area contributed by atoms with Gasteiger partial charge in [-0.15, -0.1) is 0 Å². The van der Waals surface area contributed by atoms with Crippen molar-refractivity contribution in [3.8, 4) is 11.8 Å². The van der Waals surface area contributed by atoms with Crippen LogP contribution in [0.4, 0.5) is 17.6 Å². The number of carbonyl (C=O) groups excluding carboxylic acids is 1. The van der Waals surface area contributed by atoms with E-state index in [1.165, 1.54) is 17.0 Å². The fourth-order valence-corrected chi connectivity index (χ4v) is 5.58. The summed E-state index contributed by atoms with van der Waals surface area (Å²) in [7, 11) is 3.18. The number of carbonyl (C=O) groups is 2. The SMILES string of the molecule is CC1=CC(c2c(C)cc(F)cc2C)=CC([C@H](CC(=O)O)NC(=O)C(CC(C)C)n2cc(CN(C)C)c(C(F)(F)F)cc2=O)C#C1. The average Bonchev–Trinajstić information content (AvgIpc) is 3.07. The maximum atomic E-state index is 14.1. The number of nitrogens with one attached hydrogen (secondary N) is 1. The molecule has 1 amide bonds. The number of rotatable bonds is 11. The number of aromatic nitrogens is 1. The van der Waals surface area contributed by atoms with Gasteiger partial charge in [0.2, 0.25) is 5.91 Å². The molecule has 1 heterocycles. The zero-order valence-corrected chi connectivity index (χ0v) is 26.5. The third-order valence-corrected chi connectivity index (χ3v) is 7.40. The highest BCUT2D eigenvalue weighted by atomic mass is 19.4. The molecule has 0 spiro atoms. The number of amides is 1. The van der Waals surface area contributed by atoms with Gasteiger partial charge < -0.3 is 19.9 Å². The second-order valence-corrected chi connectivity index (χ2v) is 12.2. The third kappa shape index (κ3) is 9.17. The van der Waals surface area contributed by atoms with Crippen LogP contribution in [0.25, 0.3) is 5.57 Å². The highest BCUT2D eigenvalue weighted by Gasteiger charge is 2.36. The van der Waals surface area contributed by atoms with E-state index < -0.39 is 59.4 Å². The van der Waals surface area contributed by atoms with E-state index in [2.05, 4.69) is 17.2 Å². The van der Waals surface area contributed by atoms with Gasteiger partial charge in [0.15, 0.2) is 0 Å². The van der Waals surface area contributed by atoms with E-state index in [0.29, 0.717) is 28.3 Å². The second kappa shape index (κ2) is 14.3. The Morgan fingerprint density at radius 1 is 1.11 bits per heavy atom. The molecule has 0 radical (unpaired) electrons. The molecule has 3 atom stereocenters. The number of allylic oxidation sites excluding steroid dienone is 3. The molecule has 2 aromatic rings. The fraction of sp³-hybridized carbons (Fsp3) is 0.441. The minimum Gasteiger partial charge on any atom is -0.481 e. The molecule has 1 aromatic heterocycles. The standard InChI is InChI=1S/C34H39F4N3O4/c1-19(2)10-29(41-18-25(17-40(6)7)27(15-30(41)42)34(36,37)38)33(45)39-28(16-31(43)44)23-9-8-20(3)11-24(14-23)32-21(4)12-26(35)13-22(32)5/h11-15,18-19,23,28-29H,10,16-17H2,1-7H3,(H,39,45)(H,43,44)/t23?,28-,29?/m0/s1. The molecule has 2 unspecified atom stereocenters. The number of hydrogen-bond acceptors (Lipinski definition) is 4. The average molecular weight is 630 g/mol. The van der Waals surface area contributed by atoms with E-state index in [9.17, 15) is 37.1 Å².